The highest BCUT2D eigenvalue weighted by molar-refractivity contribution is 7.92. The number of hydrogen-bond acceptors (Lipinski definition) is 4. The van der Waals surface area contributed by atoms with Crippen molar-refractivity contribution in [2.45, 2.75) is 50.6 Å². The second kappa shape index (κ2) is 14.7. The summed E-state index contributed by atoms with van der Waals surface area (Å²) in [6.45, 7) is 3.73. The third kappa shape index (κ3) is 8.13. The van der Waals surface area contributed by atoms with E-state index in [9.17, 15) is 18.0 Å². The maximum Gasteiger partial charge on any atom is 0.264 e. The minimum absolute atomic E-state index is 0.0165. The van der Waals surface area contributed by atoms with Gasteiger partial charge in [0.05, 0.1) is 10.6 Å². The molecule has 3 rings (SSSR count). The second-order valence-corrected chi connectivity index (χ2v) is 12.3. The summed E-state index contributed by atoms with van der Waals surface area (Å²) in [7, 11) is -4.23. The van der Waals surface area contributed by atoms with Gasteiger partial charge in [-0.05, 0) is 66.9 Å². The molecule has 214 valence electrons. The quantitative estimate of drug-likeness (QED) is 0.218. The summed E-state index contributed by atoms with van der Waals surface area (Å²) >= 11 is 18.6. The number of nitrogens with one attached hydrogen (secondary N) is 1. The van der Waals surface area contributed by atoms with Gasteiger partial charge in [0.2, 0.25) is 11.8 Å². The number of unbranched alkanes of at least 4 members (excludes halogenated alkanes) is 1. The molecule has 0 saturated carbocycles. The van der Waals surface area contributed by atoms with Gasteiger partial charge < -0.3 is 10.2 Å². The van der Waals surface area contributed by atoms with E-state index in [0.29, 0.717) is 33.6 Å². The maximum atomic E-state index is 14.0. The van der Waals surface area contributed by atoms with Gasteiger partial charge in [0.15, 0.2) is 0 Å². The molecule has 0 aliphatic rings. The molecule has 0 bridgehead atoms. The van der Waals surface area contributed by atoms with Gasteiger partial charge in [-0.3, -0.25) is 13.9 Å². The topological polar surface area (TPSA) is 86.8 Å². The Hall–Kier alpha value is -2.78. The van der Waals surface area contributed by atoms with Crippen LogP contribution in [0.1, 0.15) is 38.7 Å². The van der Waals surface area contributed by atoms with Crippen molar-refractivity contribution < 1.29 is 18.0 Å². The van der Waals surface area contributed by atoms with Crippen LogP contribution in [-0.4, -0.2) is 44.3 Å². The monoisotopic (exact) mass is 623 g/mol. The van der Waals surface area contributed by atoms with Crippen LogP contribution in [0.4, 0.5) is 5.69 Å². The fraction of sp³-hybridized carbons (Fsp3) is 0.310. The van der Waals surface area contributed by atoms with Gasteiger partial charge in [-0.2, -0.15) is 0 Å². The van der Waals surface area contributed by atoms with E-state index in [1.54, 1.807) is 49.4 Å². The minimum Gasteiger partial charge on any atom is -0.354 e. The zero-order valence-electron chi connectivity index (χ0n) is 22.3. The van der Waals surface area contributed by atoms with E-state index in [2.05, 4.69) is 5.32 Å². The number of carbonyl (C=O) groups excluding carboxylic acids is 2. The van der Waals surface area contributed by atoms with Gasteiger partial charge >= 0.3 is 0 Å². The molecule has 0 aliphatic carbocycles. The predicted molar refractivity (Wildman–Crippen MR) is 161 cm³/mol. The second-order valence-electron chi connectivity index (χ2n) is 9.13. The molecule has 11 heteroatoms. The molecule has 1 atom stereocenters. The summed E-state index contributed by atoms with van der Waals surface area (Å²) in [5.74, 6) is -0.888. The normalized spacial score (nSPS) is 12.0. The molecule has 1 unspecified atom stereocenters. The van der Waals surface area contributed by atoms with E-state index in [0.717, 1.165) is 17.1 Å². The van der Waals surface area contributed by atoms with Gasteiger partial charge in [-0.25, -0.2) is 8.42 Å². The Labute approximate surface area is 251 Å². The van der Waals surface area contributed by atoms with Crippen LogP contribution in [0.5, 0.6) is 0 Å². The predicted octanol–water partition coefficient (Wildman–Crippen LogP) is 6.57. The summed E-state index contributed by atoms with van der Waals surface area (Å²) in [6, 6.07) is 18.1. The lowest BCUT2D eigenvalue weighted by molar-refractivity contribution is -0.140. The largest absolute Gasteiger partial charge is 0.354 e. The van der Waals surface area contributed by atoms with Crippen LogP contribution >= 0.6 is 34.8 Å². The minimum atomic E-state index is -4.23. The average molecular weight is 625 g/mol. The van der Waals surface area contributed by atoms with Crippen molar-refractivity contribution in [2.24, 2.45) is 0 Å². The summed E-state index contributed by atoms with van der Waals surface area (Å²) < 4.78 is 28.7. The van der Waals surface area contributed by atoms with Gasteiger partial charge in [0.1, 0.15) is 12.6 Å². The molecule has 0 fully saturated rings. The fourth-order valence-electron chi connectivity index (χ4n) is 4.13. The zero-order valence-corrected chi connectivity index (χ0v) is 25.4. The molecule has 40 heavy (non-hydrogen) atoms. The maximum absolute atomic E-state index is 14.0. The highest BCUT2D eigenvalue weighted by Gasteiger charge is 2.34. The van der Waals surface area contributed by atoms with Gasteiger partial charge in [0.25, 0.3) is 10.0 Å². The van der Waals surface area contributed by atoms with E-state index < -0.39 is 28.5 Å². The van der Waals surface area contributed by atoms with E-state index >= 15 is 0 Å². The lowest BCUT2D eigenvalue weighted by Crippen LogP contribution is -2.52. The molecule has 0 radical (unpaired) electrons. The Balaban J connectivity index is 2.05. The molecule has 0 heterocycles. The van der Waals surface area contributed by atoms with Crippen molar-refractivity contribution in [3.8, 4) is 0 Å². The number of carbonyl (C=O) groups is 2. The van der Waals surface area contributed by atoms with E-state index in [-0.39, 0.29) is 23.0 Å². The summed E-state index contributed by atoms with van der Waals surface area (Å²) in [6.07, 6.45) is 2.01. The van der Waals surface area contributed by atoms with Crippen LogP contribution in [0.25, 0.3) is 0 Å². The molecule has 3 aromatic carbocycles. The first kappa shape index (κ1) is 31.7. The smallest absolute Gasteiger partial charge is 0.264 e. The van der Waals surface area contributed by atoms with Crippen molar-refractivity contribution in [1.82, 2.24) is 10.2 Å². The summed E-state index contributed by atoms with van der Waals surface area (Å²) in [5, 5.41) is 4.00. The van der Waals surface area contributed by atoms with Crippen LogP contribution in [0.2, 0.25) is 15.1 Å². The SMILES string of the molecule is CCCCNC(=O)C(CC)N(Cc1ccccc1Cl)C(=O)CN(c1cccc(Cl)c1)S(=O)(=O)c1ccc(Cl)cc1. The fourth-order valence-corrected chi connectivity index (χ4v) is 6.04. The standard InChI is InChI=1S/C29H32Cl3N3O4S/c1-3-5-17-33-29(37)27(4-2)34(19-21-9-6-7-12-26(21)32)28(36)20-35(24-11-8-10-23(31)18-24)40(38,39)25-15-13-22(30)14-16-25/h6-16,18,27H,3-5,17,19-20H2,1-2H3,(H,33,37). The highest BCUT2D eigenvalue weighted by Crippen LogP contribution is 2.28. The Kier molecular flexibility index (Phi) is 11.7. The number of anilines is 1. The van der Waals surface area contributed by atoms with Crippen LogP contribution in [0.3, 0.4) is 0 Å². The Morgan fingerprint density at radius 3 is 2.23 bits per heavy atom. The molecular weight excluding hydrogens is 593 g/mol. The molecule has 0 aliphatic heterocycles. The first-order valence-electron chi connectivity index (χ1n) is 12.9. The van der Waals surface area contributed by atoms with Crippen molar-refractivity contribution in [1.29, 1.82) is 0 Å². The molecule has 3 aromatic rings. The number of rotatable bonds is 13. The van der Waals surface area contributed by atoms with Gasteiger partial charge in [-0.15, -0.1) is 0 Å². The number of sulfonamides is 1. The molecule has 0 saturated heterocycles. The van der Waals surface area contributed by atoms with Gasteiger partial charge in [-0.1, -0.05) is 79.3 Å². The molecular formula is C29H32Cl3N3O4S. The average Bonchev–Trinajstić information content (AvgIpc) is 2.92. The zero-order chi connectivity index (χ0) is 29.3. The van der Waals surface area contributed by atoms with Crippen LogP contribution in [-0.2, 0) is 26.2 Å². The highest BCUT2D eigenvalue weighted by atomic mass is 35.5. The number of nitrogens with zero attached hydrogens (tertiary/aromatic N) is 2. The van der Waals surface area contributed by atoms with Crippen LogP contribution in [0.15, 0.2) is 77.7 Å². The number of halogens is 3. The molecule has 7 nitrogen and oxygen atoms in total. The Morgan fingerprint density at radius 1 is 0.900 bits per heavy atom. The first-order valence-corrected chi connectivity index (χ1v) is 15.5. The van der Waals surface area contributed by atoms with Gasteiger partial charge in [0, 0.05) is 28.2 Å². The number of benzene rings is 3. The lowest BCUT2D eigenvalue weighted by atomic mass is 10.1. The van der Waals surface area contributed by atoms with Crippen molar-refractivity contribution in [2.75, 3.05) is 17.4 Å². The van der Waals surface area contributed by atoms with E-state index in [1.165, 1.54) is 35.2 Å². The number of hydrogen-bond donors (Lipinski definition) is 1. The molecule has 2 amide bonds. The molecule has 0 spiro atoms. The van der Waals surface area contributed by atoms with Crippen LogP contribution in [0, 0.1) is 0 Å². The molecule has 0 aromatic heterocycles. The lowest BCUT2D eigenvalue weighted by Gasteiger charge is -2.33. The third-order valence-electron chi connectivity index (χ3n) is 6.29. The van der Waals surface area contributed by atoms with Crippen molar-refractivity contribution in [3.05, 3.63) is 93.4 Å². The summed E-state index contributed by atoms with van der Waals surface area (Å²) in [4.78, 5) is 28.6. The third-order valence-corrected chi connectivity index (χ3v) is 8.93. The molecule has 1 N–H and O–H groups in total. The summed E-state index contributed by atoms with van der Waals surface area (Å²) in [5.41, 5.74) is 0.834. The van der Waals surface area contributed by atoms with Crippen LogP contribution < -0.4 is 9.62 Å². The Bertz CT molecular complexity index is 1420. The van der Waals surface area contributed by atoms with E-state index in [4.69, 9.17) is 34.8 Å². The Morgan fingerprint density at radius 2 is 1.60 bits per heavy atom. The van der Waals surface area contributed by atoms with Crippen molar-refractivity contribution in [3.63, 3.8) is 0 Å². The van der Waals surface area contributed by atoms with Crippen molar-refractivity contribution >= 4 is 62.3 Å². The number of amides is 2. The van der Waals surface area contributed by atoms with E-state index in [1.807, 2.05) is 6.92 Å². The first-order chi connectivity index (χ1) is 19.1.